The van der Waals surface area contributed by atoms with Crippen molar-refractivity contribution in [2.45, 2.75) is 51.7 Å². The van der Waals surface area contributed by atoms with Crippen LogP contribution in [0.4, 0.5) is 0 Å². The fraction of sp³-hybridized carbons (Fsp3) is 0.600. The first-order chi connectivity index (χ1) is 8.63. The molecule has 1 aromatic carbocycles. The van der Waals surface area contributed by atoms with Crippen LogP contribution in [0.25, 0.3) is 0 Å². The highest BCUT2D eigenvalue weighted by atomic mass is 35.5. The molecule has 0 aromatic heterocycles. The Morgan fingerprint density at radius 1 is 1.22 bits per heavy atom. The van der Waals surface area contributed by atoms with Gasteiger partial charge in [0.1, 0.15) is 0 Å². The molecule has 0 radical (unpaired) electrons. The largest absolute Gasteiger partial charge is 0.376 e. The van der Waals surface area contributed by atoms with Gasteiger partial charge in [0, 0.05) is 24.1 Å². The fourth-order valence-corrected chi connectivity index (χ4v) is 1.96. The predicted octanol–water partition coefficient (Wildman–Crippen LogP) is 3.81. The van der Waals surface area contributed by atoms with Crippen LogP contribution in [0.15, 0.2) is 24.3 Å². The molecule has 3 heteroatoms. The molecule has 0 bridgehead atoms. The van der Waals surface area contributed by atoms with E-state index in [4.69, 9.17) is 22.1 Å². The Balaban J connectivity index is 2.44. The van der Waals surface area contributed by atoms with Crippen LogP contribution in [0.2, 0.25) is 5.02 Å². The van der Waals surface area contributed by atoms with Gasteiger partial charge in [-0.05, 0) is 31.0 Å². The van der Waals surface area contributed by atoms with Gasteiger partial charge in [0.05, 0.1) is 6.10 Å². The Hall–Kier alpha value is -0.570. The van der Waals surface area contributed by atoms with Crippen LogP contribution in [0, 0.1) is 0 Å². The van der Waals surface area contributed by atoms with Crippen molar-refractivity contribution in [2.24, 2.45) is 5.73 Å². The van der Waals surface area contributed by atoms with Crippen LogP contribution in [-0.4, -0.2) is 18.8 Å². The Kier molecular flexibility index (Phi) is 7.33. The number of hydrogen-bond donors (Lipinski definition) is 1. The van der Waals surface area contributed by atoms with E-state index in [-0.39, 0.29) is 12.1 Å². The van der Waals surface area contributed by atoms with Crippen molar-refractivity contribution >= 4 is 11.6 Å². The SMILES string of the molecule is CCCCCO[C@@H](Cc1ccc(Cl)cc1)[C@H](C)N. The first-order valence-electron chi connectivity index (χ1n) is 6.75. The molecule has 0 amide bonds. The molecule has 1 aromatic rings. The Morgan fingerprint density at radius 3 is 2.44 bits per heavy atom. The van der Waals surface area contributed by atoms with Gasteiger partial charge in [-0.3, -0.25) is 0 Å². The second-order valence-electron chi connectivity index (χ2n) is 4.81. The second kappa shape index (κ2) is 8.52. The highest BCUT2D eigenvalue weighted by molar-refractivity contribution is 6.30. The van der Waals surface area contributed by atoms with E-state index in [0.717, 1.165) is 24.5 Å². The molecule has 2 N–H and O–H groups in total. The van der Waals surface area contributed by atoms with Gasteiger partial charge in [0.15, 0.2) is 0 Å². The molecule has 0 spiro atoms. The highest BCUT2D eigenvalue weighted by Crippen LogP contribution is 2.13. The minimum Gasteiger partial charge on any atom is -0.376 e. The van der Waals surface area contributed by atoms with Gasteiger partial charge < -0.3 is 10.5 Å². The fourth-order valence-electron chi connectivity index (χ4n) is 1.84. The second-order valence-corrected chi connectivity index (χ2v) is 5.24. The maximum absolute atomic E-state index is 5.98. The third kappa shape index (κ3) is 5.85. The monoisotopic (exact) mass is 269 g/mol. The van der Waals surface area contributed by atoms with E-state index in [2.05, 4.69) is 6.92 Å². The Labute approximate surface area is 115 Å². The Morgan fingerprint density at radius 2 is 1.89 bits per heavy atom. The lowest BCUT2D eigenvalue weighted by atomic mass is 10.0. The zero-order chi connectivity index (χ0) is 13.4. The molecule has 0 fully saturated rings. The molecule has 18 heavy (non-hydrogen) atoms. The number of hydrogen-bond acceptors (Lipinski definition) is 2. The van der Waals surface area contributed by atoms with Crippen molar-refractivity contribution < 1.29 is 4.74 Å². The number of benzene rings is 1. The molecule has 102 valence electrons. The van der Waals surface area contributed by atoms with Crippen LogP contribution in [-0.2, 0) is 11.2 Å². The van der Waals surface area contributed by atoms with E-state index in [9.17, 15) is 0 Å². The minimum absolute atomic E-state index is 0.0438. The Bertz CT molecular complexity index is 324. The standard InChI is InChI=1S/C15H24ClNO/c1-3-4-5-10-18-15(12(2)17)11-13-6-8-14(16)9-7-13/h6-9,12,15H,3-5,10-11,17H2,1-2H3/t12-,15-/m0/s1. The molecular formula is C15H24ClNO. The summed E-state index contributed by atoms with van der Waals surface area (Å²) in [5, 5.41) is 0.764. The van der Waals surface area contributed by atoms with Crippen molar-refractivity contribution in [3.63, 3.8) is 0 Å². The maximum Gasteiger partial charge on any atom is 0.0763 e. The van der Waals surface area contributed by atoms with Crippen molar-refractivity contribution in [1.29, 1.82) is 0 Å². The topological polar surface area (TPSA) is 35.2 Å². The predicted molar refractivity (Wildman–Crippen MR) is 78.1 cm³/mol. The van der Waals surface area contributed by atoms with Gasteiger partial charge in [0.25, 0.3) is 0 Å². The van der Waals surface area contributed by atoms with Gasteiger partial charge in [-0.25, -0.2) is 0 Å². The van der Waals surface area contributed by atoms with Crippen LogP contribution >= 0.6 is 11.6 Å². The van der Waals surface area contributed by atoms with Crippen molar-refractivity contribution in [1.82, 2.24) is 0 Å². The van der Waals surface area contributed by atoms with Crippen LogP contribution in [0.1, 0.15) is 38.7 Å². The summed E-state index contributed by atoms with van der Waals surface area (Å²) in [6, 6.07) is 7.93. The van der Waals surface area contributed by atoms with Crippen LogP contribution < -0.4 is 5.73 Å². The summed E-state index contributed by atoms with van der Waals surface area (Å²) in [5.74, 6) is 0. The van der Waals surface area contributed by atoms with Gasteiger partial charge in [0.2, 0.25) is 0 Å². The molecule has 0 aliphatic carbocycles. The van der Waals surface area contributed by atoms with Gasteiger partial charge >= 0.3 is 0 Å². The molecule has 2 nitrogen and oxygen atoms in total. The van der Waals surface area contributed by atoms with Crippen molar-refractivity contribution in [3.05, 3.63) is 34.9 Å². The molecule has 0 heterocycles. The molecule has 2 atom stereocenters. The number of ether oxygens (including phenoxy) is 1. The number of nitrogens with two attached hydrogens (primary N) is 1. The average molecular weight is 270 g/mol. The van der Waals surface area contributed by atoms with E-state index in [1.54, 1.807) is 0 Å². The highest BCUT2D eigenvalue weighted by Gasteiger charge is 2.14. The molecular weight excluding hydrogens is 246 g/mol. The van der Waals surface area contributed by atoms with E-state index >= 15 is 0 Å². The zero-order valence-corrected chi connectivity index (χ0v) is 12.1. The summed E-state index contributed by atoms with van der Waals surface area (Å²) in [5.41, 5.74) is 7.20. The minimum atomic E-state index is 0.0438. The summed E-state index contributed by atoms with van der Waals surface area (Å²) < 4.78 is 5.88. The van der Waals surface area contributed by atoms with Crippen LogP contribution in [0.3, 0.4) is 0 Å². The van der Waals surface area contributed by atoms with Crippen molar-refractivity contribution in [2.75, 3.05) is 6.61 Å². The van der Waals surface area contributed by atoms with Gasteiger partial charge in [-0.1, -0.05) is 43.5 Å². The quantitative estimate of drug-likeness (QED) is 0.729. The summed E-state index contributed by atoms with van der Waals surface area (Å²) in [6.07, 6.45) is 4.47. The van der Waals surface area contributed by atoms with Crippen molar-refractivity contribution in [3.8, 4) is 0 Å². The third-order valence-corrected chi connectivity index (χ3v) is 3.27. The number of halogens is 1. The van der Waals surface area contributed by atoms with Crippen LogP contribution in [0.5, 0.6) is 0 Å². The lowest BCUT2D eigenvalue weighted by molar-refractivity contribution is 0.0374. The molecule has 0 saturated heterocycles. The van der Waals surface area contributed by atoms with E-state index < -0.39 is 0 Å². The van der Waals surface area contributed by atoms with E-state index in [1.165, 1.54) is 18.4 Å². The molecule has 0 aliphatic heterocycles. The number of unbranched alkanes of at least 4 members (excludes halogenated alkanes) is 2. The molecule has 0 aliphatic rings. The van der Waals surface area contributed by atoms with Gasteiger partial charge in [-0.15, -0.1) is 0 Å². The number of rotatable bonds is 8. The third-order valence-electron chi connectivity index (χ3n) is 3.02. The normalized spacial score (nSPS) is 14.4. The lowest BCUT2D eigenvalue weighted by Gasteiger charge is -2.21. The van der Waals surface area contributed by atoms with Gasteiger partial charge in [-0.2, -0.15) is 0 Å². The molecule has 0 unspecified atom stereocenters. The first-order valence-corrected chi connectivity index (χ1v) is 7.13. The average Bonchev–Trinajstić information content (AvgIpc) is 2.35. The lowest BCUT2D eigenvalue weighted by Crippen LogP contribution is -2.36. The summed E-state index contributed by atoms with van der Waals surface area (Å²) in [7, 11) is 0. The first kappa shape index (κ1) is 15.5. The molecule has 1 rings (SSSR count). The zero-order valence-electron chi connectivity index (χ0n) is 11.4. The summed E-state index contributed by atoms with van der Waals surface area (Å²) >= 11 is 5.87. The smallest absolute Gasteiger partial charge is 0.0763 e. The van der Waals surface area contributed by atoms with E-state index in [1.807, 2.05) is 31.2 Å². The maximum atomic E-state index is 5.98. The molecule has 0 saturated carbocycles. The summed E-state index contributed by atoms with van der Waals surface area (Å²) in [4.78, 5) is 0. The van der Waals surface area contributed by atoms with E-state index in [0.29, 0.717) is 0 Å². The summed E-state index contributed by atoms with van der Waals surface area (Å²) in [6.45, 7) is 4.99.